The summed E-state index contributed by atoms with van der Waals surface area (Å²) in [6, 6.07) is 16.8. The molecule has 2 fully saturated rings. The summed E-state index contributed by atoms with van der Waals surface area (Å²) < 4.78 is 12.2. The second-order valence-electron chi connectivity index (χ2n) is 7.38. The highest BCUT2D eigenvalue weighted by atomic mass is 16.6. The fraction of sp³-hybridized carbons (Fsp3) is 0.231. The van der Waals surface area contributed by atoms with Crippen LogP contribution in [0.3, 0.4) is 0 Å². The van der Waals surface area contributed by atoms with Crippen molar-refractivity contribution in [1.29, 1.82) is 0 Å². The van der Waals surface area contributed by atoms with Gasteiger partial charge in [-0.25, -0.2) is 0 Å². The quantitative estimate of drug-likeness (QED) is 0.646. The Hall–Kier alpha value is -2.68. The van der Waals surface area contributed by atoms with Crippen molar-refractivity contribution >= 4 is 24.3 Å². The number of hydrogen-bond donors (Lipinski definition) is 0. The van der Waals surface area contributed by atoms with E-state index < -0.39 is 0 Å². The van der Waals surface area contributed by atoms with Gasteiger partial charge in [-0.2, -0.15) is 0 Å². The summed E-state index contributed by atoms with van der Waals surface area (Å²) in [5, 5.41) is 0. The third kappa shape index (κ3) is 4.09. The highest BCUT2D eigenvalue weighted by molar-refractivity contribution is 5.56. The van der Waals surface area contributed by atoms with Gasteiger partial charge in [0, 0.05) is 11.8 Å². The summed E-state index contributed by atoms with van der Waals surface area (Å²) in [5.74, 6) is 0.601. The largest absolute Gasteiger partial charge is 0.374 e. The molecule has 0 radical (unpaired) electrons. The van der Waals surface area contributed by atoms with Crippen LogP contribution < -0.4 is 0 Å². The highest BCUT2D eigenvalue weighted by Gasteiger charge is 2.45. The van der Waals surface area contributed by atoms with Crippen LogP contribution >= 0.6 is 0 Å². The topological polar surface area (TPSA) is 18.5 Å². The molecular weight excluding hydrogens is 344 g/mol. The van der Waals surface area contributed by atoms with Crippen LogP contribution in [0.4, 0.5) is 0 Å². The van der Waals surface area contributed by atoms with Crippen molar-refractivity contribution in [2.75, 3.05) is 13.2 Å². The summed E-state index contributed by atoms with van der Waals surface area (Å²) in [6.07, 6.45) is 12.8. The molecule has 0 aliphatic carbocycles. The molecule has 28 heavy (non-hydrogen) atoms. The van der Waals surface area contributed by atoms with Crippen LogP contribution in [-0.4, -0.2) is 25.4 Å². The minimum Gasteiger partial charge on any atom is -0.374 e. The van der Waals surface area contributed by atoms with E-state index in [1.165, 1.54) is 11.1 Å². The minimum atomic E-state index is 0.140. The van der Waals surface area contributed by atoms with Crippen molar-refractivity contribution in [3.63, 3.8) is 0 Å². The van der Waals surface area contributed by atoms with Gasteiger partial charge in [0.05, 0.1) is 25.4 Å². The molecule has 2 aromatic carbocycles. The lowest BCUT2D eigenvalue weighted by Crippen LogP contribution is -2.24. The van der Waals surface area contributed by atoms with E-state index in [1.807, 2.05) is 12.2 Å². The summed E-state index contributed by atoms with van der Waals surface area (Å²) in [7, 11) is 0. The molecule has 0 aromatic heterocycles. The Balaban J connectivity index is 1.38. The summed E-state index contributed by atoms with van der Waals surface area (Å²) in [5.41, 5.74) is 4.64. The highest BCUT2D eigenvalue weighted by Crippen LogP contribution is 2.36. The Morgan fingerprint density at radius 1 is 0.607 bits per heavy atom. The molecule has 0 bridgehead atoms. The average Bonchev–Trinajstić information content (AvgIpc) is 3.34. The number of benzene rings is 2. The van der Waals surface area contributed by atoms with E-state index in [0.29, 0.717) is 11.8 Å². The molecule has 0 unspecified atom stereocenters. The maximum Gasteiger partial charge on any atom is 0.0928 e. The summed E-state index contributed by atoms with van der Waals surface area (Å²) >= 11 is 0. The molecular formula is C26H26O2. The van der Waals surface area contributed by atoms with Crippen LogP contribution in [0.5, 0.6) is 0 Å². The van der Waals surface area contributed by atoms with Crippen molar-refractivity contribution in [3.05, 3.63) is 96.1 Å². The van der Waals surface area contributed by atoms with Crippen molar-refractivity contribution in [2.45, 2.75) is 12.2 Å². The summed E-state index contributed by atoms with van der Waals surface area (Å²) in [4.78, 5) is 0. The molecule has 4 atom stereocenters. The van der Waals surface area contributed by atoms with Crippen LogP contribution in [0, 0.1) is 11.8 Å². The van der Waals surface area contributed by atoms with Crippen molar-refractivity contribution < 1.29 is 9.47 Å². The van der Waals surface area contributed by atoms with Gasteiger partial charge in [-0.1, -0.05) is 98.1 Å². The lowest BCUT2D eigenvalue weighted by atomic mass is 9.94. The molecule has 0 saturated carbocycles. The van der Waals surface area contributed by atoms with E-state index >= 15 is 0 Å². The van der Waals surface area contributed by atoms with Gasteiger partial charge >= 0.3 is 0 Å². The monoisotopic (exact) mass is 370 g/mol. The average molecular weight is 370 g/mol. The van der Waals surface area contributed by atoms with Crippen molar-refractivity contribution in [1.82, 2.24) is 0 Å². The number of ether oxygens (including phenoxy) is 2. The predicted octanol–water partition coefficient (Wildman–Crippen LogP) is 5.73. The van der Waals surface area contributed by atoms with E-state index in [2.05, 4.69) is 86.0 Å². The first-order valence-corrected chi connectivity index (χ1v) is 9.81. The zero-order valence-electron chi connectivity index (χ0n) is 16.0. The Bertz CT molecular complexity index is 798. The van der Waals surface area contributed by atoms with Gasteiger partial charge < -0.3 is 9.47 Å². The maximum atomic E-state index is 6.10. The maximum absolute atomic E-state index is 6.10. The Labute approximate surface area is 167 Å². The molecule has 2 heteroatoms. The van der Waals surface area contributed by atoms with Gasteiger partial charge in [0.15, 0.2) is 0 Å². The second-order valence-corrected chi connectivity index (χ2v) is 7.38. The normalized spacial score (nSPS) is 26.7. The van der Waals surface area contributed by atoms with Crippen LogP contribution in [0.15, 0.2) is 73.8 Å². The molecule has 2 aliphatic rings. The van der Waals surface area contributed by atoms with Crippen LogP contribution in [0.2, 0.25) is 0 Å². The van der Waals surface area contributed by atoms with E-state index in [4.69, 9.17) is 9.47 Å². The zero-order chi connectivity index (χ0) is 19.3. The number of fused-ring (bicyclic) bond motifs is 1. The predicted molar refractivity (Wildman–Crippen MR) is 118 cm³/mol. The summed E-state index contributed by atoms with van der Waals surface area (Å²) in [6.45, 7) is 9.02. The lowest BCUT2D eigenvalue weighted by molar-refractivity contribution is 0.0658. The fourth-order valence-electron chi connectivity index (χ4n) is 3.84. The number of hydrogen-bond acceptors (Lipinski definition) is 2. The third-order valence-electron chi connectivity index (χ3n) is 5.55. The second kappa shape index (κ2) is 8.55. The first-order valence-electron chi connectivity index (χ1n) is 9.81. The molecule has 2 saturated heterocycles. The fourth-order valence-corrected chi connectivity index (χ4v) is 3.84. The van der Waals surface area contributed by atoms with E-state index in [9.17, 15) is 0 Å². The van der Waals surface area contributed by atoms with Gasteiger partial charge in [-0.05, 0) is 22.3 Å². The molecule has 2 nitrogen and oxygen atoms in total. The van der Waals surface area contributed by atoms with Gasteiger partial charge in [0.1, 0.15) is 0 Å². The van der Waals surface area contributed by atoms with Gasteiger partial charge in [-0.3, -0.25) is 0 Å². The molecule has 2 aliphatic heterocycles. The molecule has 2 aromatic rings. The molecule has 0 amide bonds. The molecule has 4 rings (SSSR count). The Morgan fingerprint density at radius 3 is 1.32 bits per heavy atom. The SMILES string of the molecule is C=Cc1ccc(C=C[C@@H]2CO[C@H]3[C@@H]2OC[C@H]3C=Cc2ccc(C=C)cc2)cc1. The van der Waals surface area contributed by atoms with Gasteiger partial charge in [-0.15, -0.1) is 0 Å². The van der Waals surface area contributed by atoms with Crippen molar-refractivity contribution in [3.8, 4) is 0 Å². The standard InChI is InChI=1S/C26H26O2/c1-3-19-5-9-21(10-6-19)13-15-23-17-27-26-24(18-28-25(23)26)16-14-22-11-7-20(4-2)8-12-22/h3-16,23-26H,1-2,17-18H2/t23-,24-,25-,26-/m1/s1. The zero-order valence-corrected chi connectivity index (χ0v) is 16.0. The molecule has 142 valence electrons. The first-order chi connectivity index (χ1) is 13.8. The van der Waals surface area contributed by atoms with Crippen molar-refractivity contribution in [2.24, 2.45) is 11.8 Å². The Morgan fingerprint density at radius 2 is 0.964 bits per heavy atom. The number of rotatable bonds is 6. The molecule has 2 heterocycles. The van der Waals surface area contributed by atoms with Crippen LogP contribution in [0.1, 0.15) is 22.3 Å². The smallest absolute Gasteiger partial charge is 0.0928 e. The molecule has 0 spiro atoms. The van der Waals surface area contributed by atoms with Gasteiger partial charge in [0.2, 0.25) is 0 Å². The Kier molecular flexibility index (Phi) is 5.70. The molecule has 0 N–H and O–H groups in total. The van der Waals surface area contributed by atoms with E-state index in [0.717, 1.165) is 24.3 Å². The minimum absolute atomic E-state index is 0.140. The lowest BCUT2D eigenvalue weighted by Gasteiger charge is -2.13. The van der Waals surface area contributed by atoms with Crippen LogP contribution in [0.25, 0.3) is 24.3 Å². The first kappa shape index (κ1) is 18.7. The van der Waals surface area contributed by atoms with E-state index in [-0.39, 0.29) is 12.2 Å². The van der Waals surface area contributed by atoms with Gasteiger partial charge in [0.25, 0.3) is 0 Å². The third-order valence-corrected chi connectivity index (χ3v) is 5.55. The van der Waals surface area contributed by atoms with E-state index in [1.54, 1.807) is 0 Å². The van der Waals surface area contributed by atoms with Crippen LogP contribution in [-0.2, 0) is 9.47 Å².